The molecule has 0 bridgehead atoms. The number of unbranched alkanes of at least 4 members (excludes halogenated alkanes) is 1. The van der Waals surface area contributed by atoms with Crippen LogP contribution in [-0.2, 0) is 10.2 Å². The number of nitrogens with zero attached hydrogens (tertiary/aromatic N) is 2. The van der Waals surface area contributed by atoms with Crippen LogP contribution in [0, 0.1) is 0 Å². The summed E-state index contributed by atoms with van der Waals surface area (Å²) in [6.45, 7) is 6.69. The first-order valence-electron chi connectivity index (χ1n) is 7.48. The number of carbonyl (C=O) groups is 2. The van der Waals surface area contributed by atoms with Crippen molar-refractivity contribution >= 4 is 17.5 Å². The predicted molar refractivity (Wildman–Crippen MR) is 84.7 cm³/mol. The fourth-order valence-electron chi connectivity index (χ4n) is 2.82. The molecule has 0 atom stereocenters. The van der Waals surface area contributed by atoms with Crippen molar-refractivity contribution in [2.75, 3.05) is 25.5 Å². The van der Waals surface area contributed by atoms with Crippen molar-refractivity contribution in [3.63, 3.8) is 0 Å². The number of anilines is 1. The van der Waals surface area contributed by atoms with E-state index in [9.17, 15) is 9.59 Å². The number of hydrogen-bond acceptors (Lipinski definition) is 2. The molecule has 2 rings (SSSR count). The average molecular weight is 288 g/mol. The molecular weight excluding hydrogens is 264 g/mol. The molecule has 0 saturated carbocycles. The first kappa shape index (κ1) is 15.5. The standard InChI is InChI=1S/C17H24N2O2/c1-6-7-10-18(4)15(20)12-8-9-14-13(11-12)17(2,3)16(21)19(14)5/h8-9,11H,6-7,10H2,1-5H3. The molecule has 21 heavy (non-hydrogen) atoms. The summed E-state index contributed by atoms with van der Waals surface area (Å²) in [4.78, 5) is 28.1. The maximum atomic E-state index is 12.5. The van der Waals surface area contributed by atoms with Crippen LogP contribution >= 0.6 is 0 Å². The number of fused-ring (bicyclic) bond motifs is 1. The molecule has 2 amide bonds. The Bertz CT molecular complexity index is 578. The van der Waals surface area contributed by atoms with Gasteiger partial charge in [0.15, 0.2) is 0 Å². The van der Waals surface area contributed by atoms with Crippen LogP contribution in [0.1, 0.15) is 49.5 Å². The molecule has 0 aliphatic carbocycles. The molecule has 1 aliphatic rings. The van der Waals surface area contributed by atoms with Crippen LogP contribution in [0.3, 0.4) is 0 Å². The number of amides is 2. The fourth-order valence-corrected chi connectivity index (χ4v) is 2.82. The number of benzene rings is 1. The quantitative estimate of drug-likeness (QED) is 0.855. The van der Waals surface area contributed by atoms with Crippen molar-refractivity contribution in [1.29, 1.82) is 0 Å². The van der Waals surface area contributed by atoms with Gasteiger partial charge in [-0.2, -0.15) is 0 Å². The van der Waals surface area contributed by atoms with Gasteiger partial charge in [0.25, 0.3) is 5.91 Å². The summed E-state index contributed by atoms with van der Waals surface area (Å²) in [6, 6.07) is 5.57. The molecule has 1 heterocycles. The predicted octanol–water partition coefficient (Wildman–Crippen LogP) is 2.81. The monoisotopic (exact) mass is 288 g/mol. The summed E-state index contributed by atoms with van der Waals surface area (Å²) >= 11 is 0. The van der Waals surface area contributed by atoms with E-state index in [1.54, 1.807) is 16.8 Å². The van der Waals surface area contributed by atoms with Crippen molar-refractivity contribution in [3.05, 3.63) is 29.3 Å². The Morgan fingerprint density at radius 2 is 2.00 bits per heavy atom. The normalized spacial score (nSPS) is 16.0. The Morgan fingerprint density at radius 1 is 1.33 bits per heavy atom. The Labute approximate surface area is 126 Å². The zero-order valence-corrected chi connectivity index (χ0v) is 13.6. The lowest BCUT2D eigenvalue weighted by Crippen LogP contribution is -2.33. The van der Waals surface area contributed by atoms with Gasteiger partial charge < -0.3 is 9.80 Å². The molecule has 4 nitrogen and oxygen atoms in total. The van der Waals surface area contributed by atoms with Crippen LogP contribution in [0.15, 0.2) is 18.2 Å². The molecule has 0 fully saturated rings. The van der Waals surface area contributed by atoms with E-state index >= 15 is 0 Å². The van der Waals surface area contributed by atoms with Gasteiger partial charge in [0.2, 0.25) is 5.91 Å². The van der Waals surface area contributed by atoms with E-state index in [2.05, 4.69) is 6.92 Å². The highest BCUT2D eigenvalue weighted by atomic mass is 16.2. The first-order chi connectivity index (χ1) is 9.80. The van der Waals surface area contributed by atoms with Crippen LogP contribution in [0.4, 0.5) is 5.69 Å². The number of likely N-dealkylation sites (N-methyl/N-ethyl adjacent to an activating group) is 1. The zero-order chi connectivity index (χ0) is 15.8. The molecule has 0 saturated heterocycles. The van der Waals surface area contributed by atoms with Gasteiger partial charge in [-0.25, -0.2) is 0 Å². The SMILES string of the molecule is CCCCN(C)C(=O)c1ccc2c(c1)C(C)(C)C(=O)N2C. The third-order valence-corrected chi connectivity index (χ3v) is 4.31. The van der Waals surface area contributed by atoms with Gasteiger partial charge in [-0.15, -0.1) is 0 Å². The minimum atomic E-state index is -0.567. The summed E-state index contributed by atoms with van der Waals surface area (Å²) in [5, 5.41) is 0. The van der Waals surface area contributed by atoms with Gasteiger partial charge >= 0.3 is 0 Å². The second kappa shape index (κ2) is 5.51. The van der Waals surface area contributed by atoms with E-state index < -0.39 is 5.41 Å². The second-order valence-corrected chi connectivity index (χ2v) is 6.30. The van der Waals surface area contributed by atoms with Crippen molar-refractivity contribution in [2.24, 2.45) is 0 Å². The molecule has 0 aromatic heterocycles. The Hall–Kier alpha value is -1.84. The van der Waals surface area contributed by atoms with Gasteiger partial charge in [-0.1, -0.05) is 13.3 Å². The molecule has 0 spiro atoms. The van der Waals surface area contributed by atoms with Crippen LogP contribution in [0.25, 0.3) is 0 Å². The van der Waals surface area contributed by atoms with Gasteiger partial charge in [0, 0.05) is 31.9 Å². The van der Waals surface area contributed by atoms with E-state index in [4.69, 9.17) is 0 Å². The van der Waals surface area contributed by atoms with Crippen LogP contribution in [0.2, 0.25) is 0 Å². The van der Waals surface area contributed by atoms with Crippen LogP contribution in [-0.4, -0.2) is 37.4 Å². The molecule has 1 aromatic carbocycles. The largest absolute Gasteiger partial charge is 0.342 e. The highest BCUT2D eigenvalue weighted by Gasteiger charge is 2.42. The van der Waals surface area contributed by atoms with Gasteiger partial charge in [-0.05, 0) is 44.0 Å². The smallest absolute Gasteiger partial charge is 0.253 e. The lowest BCUT2D eigenvalue weighted by atomic mass is 9.85. The van der Waals surface area contributed by atoms with Gasteiger partial charge in [-0.3, -0.25) is 9.59 Å². The number of carbonyl (C=O) groups excluding carboxylic acids is 2. The average Bonchev–Trinajstić information content (AvgIpc) is 2.65. The second-order valence-electron chi connectivity index (χ2n) is 6.30. The molecule has 0 unspecified atom stereocenters. The Balaban J connectivity index is 2.33. The lowest BCUT2D eigenvalue weighted by molar-refractivity contribution is -0.121. The maximum Gasteiger partial charge on any atom is 0.253 e. The van der Waals surface area contributed by atoms with Gasteiger partial charge in [0.05, 0.1) is 5.41 Å². The molecule has 0 N–H and O–H groups in total. The summed E-state index contributed by atoms with van der Waals surface area (Å²) in [5.41, 5.74) is 1.92. The lowest BCUT2D eigenvalue weighted by Gasteiger charge is -2.19. The van der Waals surface area contributed by atoms with Gasteiger partial charge in [0.1, 0.15) is 0 Å². The fraction of sp³-hybridized carbons (Fsp3) is 0.529. The van der Waals surface area contributed by atoms with E-state index in [1.807, 2.05) is 39.1 Å². The van der Waals surface area contributed by atoms with Crippen molar-refractivity contribution < 1.29 is 9.59 Å². The van der Waals surface area contributed by atoms with Crippen molar-refractivity contribution in [1.82, 2.24) is 4.90 Å². The molecule has 1 aromatic rings. The third kappa shape index (κ3) is 2.55. The first-order valence-corrected chi connectivity index (χ1v) is 7.48. The van der Waals surface area contributed by atoms with Crippen LogP contribution in [0.5, 0.6) is 0 Å². The third-order valence-electron chi connectivity index (χ3n) is 4.31. The molecular formula is C17H24N2O2. The summed E-state index contributed by atoms with van der Waals surface area (Å²) in [7, 11) is 3.61. The number of rotatable bonds is 4. The van der Waals surface area contributed by atoms with E-state index in [-0.39, 0.29) is 11.8 Å². The van der Waals surface area contributed by atoms with E-state index in [1.165, 1.54) is 0 Å². The Kier molecular flexibility index (Phi) is 4.08. The topological polar surface area (TPSA) is 40.6 Å². The minimum Gasteiger partial charge on any atom is -0.342 e. The number of hydrogen-bond donors (Lipinski definition) is 0. The molecule has 1 aliphatic heterocycles. The summed E-state index contributed by atoms with van der Waals surface area (Å²) in [5.74, 6) is 0.0884. The molecule has 4 heteroatoms. The molecule has 114 valence electrons. The molecule has 0 radical (unpaired) electrons. The van der Waals surface area contributed by atoms with Crippen molar-refractivity contribution in [3.8, 4) is 0 Å². The highest BCUT2D eigenvalue weighted by molar-refractivity contribution is 6.08. The summed E-state index contributed by atoms with van der Waals surface area (Å²) in [6.07, 6.45) is 2.06. The minimum absolute atomic E-state index is 0.0176. The van der Waals surface area contributed by atoms with E-state index in [0.717, 1.165) is 30.6 Å². The zero-order valence-electron chi connectivity index (χ0n) is 13.6. The van der Waals surface area contributed by atoms with Crippen LogP contribution < -0.4 is 4.90 Å². The maximum absolute atomic E-state index is 12.5. The van der Waals surface area contributed by atoms with E-state index in [0.29, 0.717) is 5.56 Å². The Morgan fingerprint density at radius 3 is 2.62 bits per heavy atom. The summed E-state index contributed by atoms with van der Waals surface area (Å²) < 4.78 is 0. The van der Waals surface area contributed by atoms with Crippen molar-refractivity contribution in [2.45, 2.75) is 39.0 Å². The highest BCUT2D eigenvalue weighted by Crippen LogP contribution is 2.41.